The smallest absolute Gasteiger partial charge is 0.271 e. The highest BCUT2D eigenvalue weighted by Crippen LogP contribution is 2.33. The lowest BCUT2D eigenvalue weighted by atomic mass is 10.2. The van der Waals surface area contributed by atoms with E-state index in [9.17, 15) is 20.0 Å². The summed E-state index contributed by atoms with van der Waals surface area (Å²) in [6, 6.07) is 7.99. The molecule has 0 atom stereocenters. The van der Waals surface area contributed by atoms with Gasteiger partial charge in [0.05, 0.1) is 16.2 Å². The van der Waals surface area contributed by atoms with Gasteiger partial charge in [-0.2, -0.15) is 5.10 Å². The van der Waals surface area contributed by atoms with E-state index in [-0.39, 0.29) is 32.6 Å². The molecular formula is C14H9Cl2N3O4. The van der Waals surface area contributed by atoms with Crippen molar-refractivity contribution in [1.82, 2.24) is 5.43 Å². The van der Waals surface area contributed by atoms with Gasteiger partial charge in [-0.3, -0.25) is 14.9 Å². The Kier molecular flexibility index (Phi) is 5.15. The lowest BCUT2D eigenvalue weighted by Gasteiger charge is -2.03. The molecule has 0 aromatic heterocycles. The Morgan fingerprint density at radius 1 is 1.22 bits per heavy atom. The van der Waals surface area contributed by atoms with Crippen LogP contribution in [-0.2, 0) is 0 Å². The van der Waals surface area contributed by atoms with Gasteiger partial charge in [0.15, 0.2) is 0 Å². The van der Waals surface area contributed by atoms with Crippen molar-refractivity contribution in [2.75, 3.05) is 0 Å². The van der Waals surface area contributed by atoms with Crippen molar-refractivity contribution < 1.29 is 14.8 Å². The second-order valence-electron chi connectivity index (χ2n) is 4.30. The van der Waals surface area contributed by atoms with Crippen LogP contribution in [0.15, 0.2) is 41.5 Å². The fourth-order valence-electron chi connectivity index (χ4n) is 1.62. The van der Waals surface area contributed by atoms with Crippen LogP contribution >= 0.6 is 23.2 Å². The molecule has 2 aromatic carbocycles. The highest BCUT2D eigenvalue weighted by atomic mass is 35.5. The van der Waals surface area contributed by atoms with Gasteiger partial charge in [0.25, 0.3) is 11.6 Å². The minimum absolute atomic E-state index is 0.0164. The Labute approximate surface area is 140 Å². The first kappa shape index (κ1) is 16.7. The summed E-state index contributed by atoms with van der Waals surface area (Å²) in [6.45, 7) is 0. The lowest BCUT2D eigenvalue weighted by Crippen LogP contribution is -2.17. The highest BCUT2D eigenvalue weighted by molar-refractivity contribution is 6.43. The number of hydrogen-bond acceptors (Lipinski definition) is 5. The monoisotopic (exact) mass is 353 g/mol. The van der Waals surface area contributed by atoms with Crippen molar-refractivity contribution in [2.24, 2.45) is 5.10 Å². The molecule has 0 saturated carbocycles. The van der Waals surface area contributed by atoms with Gasteiger partial charge in [0.2, 0.25) is 0 Å². The summed E-state index contributed by atoms with van der Waals surface area (Å²) in [6.07, 6.45) is 1.20. The lowest BCUT2D eigenvalue weighted by molar-refractivity contribution is -0.384. The maximum absolute atomic E-state index is 11.8. The van der Waals surface area contributed by atoms with Gasteiger partial charge in [0.1, 0.15) is 10.8 Å². The molecule has 0 unspecified atom stereocenters. The summed E-state index contributed by atoms with van der Waals surface area (Å²) in [5.74, 6) is -0.816. The number of phenols is 1. The maximum Gasteiger partial charge on any atom is 0.271 e. The summed E-state index contributed by atoms with van der Waals surface area (Å²) in [7, 11) is 0. The topological polar surface area (TPSA) is 105 Å². The number of hydrogen-bond donors (Lipinski definition) is 2. The molecule has 0 bridgehead atoms. The van der Waals surface area contributed by atoms with Crippen molar-refractivity contribution >= 4 is 41.0 Å². The minimum atomic E-state index is -0.563. The zero-order valence-corrected chi connectivity index (χ0v) is 12.9. The van der Waals surface area contributed by atoms with Crippen LogP contribution in [0.2, 0.25) is 10.0 Å². The number of carbonyl (C=O) groups excluding carboxylic acids is 1. The number of nitro groups is 1. The number of nitro benzene ring substituents is 1. The van der Waals surface area contributed by atoms with Gasteiger partial charge < -0.3 is 5.11 Å². The molecule has 118 valence electrons. The third-order valence-corrected chi connectivity index (χ3v) is 3.60. The van der Waals surface area contributed by atoms with E-state index in [0.717, 1.165) is 0 Å². The molecule has 2 N–H and O–H groups in total. The number of phenolic OH excluding ortho intramolecular Hbond substituents is 1. The molecule has 7 nitrogen and oxygen atoms in total. The Balaban J connectivity index is 2.07. The van der Waals surface area contributed by atoms with E-state index < -0.39 is 10.8 Å². The molecule has 0 aliphatic carbocycles. The summed E-state index contributed by atoms with van der Waals surface area (Å²) in [4.78, 5) is 21.8. The van der Waals surface area contributed by atoms with E-state index in [1.54, 1.807) is 0 Å². The normalized spacial score (nSPS) is 10.7. The van der Waals surface area contributed by atoms with Crippen LogP contribution in [0.1, 0.15) is 15.9 Å². The van der Waals surface area contributed by atoms with Crippen LogP contribution in [0.5, 0.6) is 5.75 Å². The van der Waals surface area contributed by atoms with E-state index in [4.69, 9.17) is 23.2 Å². The summed E-state index contributed by atoms with van der Waals surface area (Å²) < 4.78 is 0. The first-order chi connectivity index (χ1) is 10.9. The van der Waals surface area contributed by atoms with Gasteiger partial charge in [-0.15, -0.1) is 0 Å². The van der Waals surface area contributed by atoms with Crippen molar-refractivity contribution in [2.45, 2.75) is 0 Å². The summed E-state index contributed by atoms with van der Waals surface area (Å²) in [5, 5.41) is 24.2. The van der Waals surface area contributed by atoms with Gasteiger partial charge in [-0.25, -0.2) is 5.43 Å². The SMILES string of the molecule is O=C(NN=Cc1ccc(Cl)c(Cl)c1O)c1ccc([N+](=O)[O-])cc1. The quantitative estimate of drug-likeness (QED) is 0.499. The number of aromatic hydroxyl groups is 1. The molecule has 0 radical (unpaired) electrons. The van der Waals surface area contributed by atoms with E-state index in [1.807, 2.05) is 0 Å². The summed E-state index contributed by atoms with van der Waals surface area (Å²) >= 11 is 11.5. The first-order valence-corrected chi connectivity index (χ1v) is 6.90. The van der Waals surface area contributed by atoms with Gasteiger partial charge in [-0.1, -0.05) is 23.2 Å². The third-order valence-electron chi connectivity index (χ3n) is 2.81. The number of amides is 1. The Morgan fingerprint density at radius 2 is 1.87 bits per heavy atom. The predicted octanol–water partition coefficient (Wildman–Crippen LogP) is 3.37. The second-order valence-corrected chi connectivity index (χ2v) is 5.09. The molecule has 1 amide bonds. The number of hydrazone groups is 1. The van der Waals surface area contributed by atoms with Crippen molar-refractivity contribution in [3.63, 3.8) is 0 Å². The standard InChI is InChI=1S/C14H9Cl2N3O4/c15-11-6-3-9(13(20)12(11)16)7-17-18-14(21)8-1-4-10(5-2-8)19(22)23/h1-7,20H,(H,18,21). The van der Waals surface area contributed by atoms with Gasteiger partial charge in [0, 0.05) is 23.3 Å². The van der Waals surface area contributed by atoms with E-state index >= 15 is 0 Å². The fourth-order valence-corrected chi connectivity index (χ4v) is 1.94. The molecule has 2 aromatic rings. The number of halogens is 2. The fraction of sp³-hybridized carbons (Fsp3) is 0. The molecule has 0 spiro atoms. The molecule has 0 fully saturated rings. The van der Waals surface area contributed by atoms with Gasteiger partial charge >= 0.3 is 0 Å². The summed E-state index contributed by atoms with van der Waals surface area (Å²) in [5.41, 5.74) is 2.58. The van der Waals surface area contributed by atoms with Crippen LogP contribution in [0.3, 0.4) is 0 Å². The molecule has 9 heteroatoms. The maximum atomic E-state index is 11.8. The number of carbonyl (C=O) groups is 1. The van der Waals surface area contributed by atoms with E-state index in [2.05, 4.69) is 10.5 Å². The minimum Gasteiger partial charge on any atom is -0.506 e. The molecular weight excluding hydrogens is 345 g/mol. The molecule has 0 aliphatic rings. The Hall–Kier alpha value is -2.64. The zero-order valence-electron chi connectivity index (χ0n) is 11.4. The molecule has 2 rings (SSSR count). The van der Waals surface area contributed by atoms with Crippen LogP contribution in [0.4, 0.5) is 5.69 Å². The zero-order chi connectivity index (χ0) is 17.0. The van der Waals surface area contributed by atoms with Crippen LogP contribution < -0.4 is 5.43 Å². The number of non-ortho nitro benzene ring substituents is 1. The van der Waals surface area contributed by atoms with Gasteiger partial charge in [-0.05, 0) is 24.3 Å². The second kappa shape index (κ2) is 7.08. The molecule has 23 heavy (non-hydrogen) atoms. The molecule has 0 saturated heterocycles. The first-order valence-electron chi connectivity index (χ1n) is 6.15. The van der Waals surface area contributed by atoms with Crippen molar-refractivity contribution in [3.05, 3.63) is 67.7 Å². The van der Waals surface area contributed by atoms with E-state index in [0.29, 0.717) is 0 Å². The number of nitrogens with one attached hydrogen (secondary N) is 1. The Morgan fingerprint density at radius 3 is 2.48 bits per heavy atom. The number of benzene rings is 2. The van der Waals surface area contributed by atoms with Crippen LogP contribution in [-0.4, -0.2) is 22.2 Å². The highest BCUT2D eigenvalue weighted by Gasteiger charge is 2.10. The van der Waals surface area contributed by atoms with Crippen LogP contribution in [0.25, 0.3) is 0 Å². The number of nitrogens with zero attached hydrogens (tertiary/aromatic N) is 2. The van der Waals surface area contributed by atoms with Crippen molar-refractivity contribution in [1.29, 1.82) is 0 Å². The predicted molar refractivity (Wildman–Crippen MR) is 86.3 cm³/mol. The van der Waals surface area contributed by atoms with Crippen LogP contribution in [0, 0.1) is 10.1 Å². The Bertz CT molecular complexity index is 791. The third kappa shape index (κ3) is 3.97. The molecule has 0 aliphatic heterocycles. The average Bonchev–Trinajstić information content (AvgIpc) is 2.54. The largest absolute Gasteiger partial charge is 0.506 e. The average molecular weight is 354 g/mol. The van der Waals surface area contributed by atoms with E-state index in [1.165, 1.54) is 42.6 Å². The molecule has 0 heterocycles. The van der Waals surface area contributed by atoms with Crippen molar-refractivity contribution in [3.8, 4) is 5.75 Å². The number of rotatable bonds is 4.